The fourth-order valence-corrected chi connectivity index (χ4v) is 1.41. The van der Waals surface area contributed by atoms with E-state index in [1.54, 1.807) is 7.11 Å². The Morgan fingerprint density at radius 1 is 1.58 bits per heavy atom. The molecule has 64 valence electrons. The lowest BCUT2D eigenvalue weighted by Crippen LogP contribution is -1.96. The molecule has 0 bridgehead atoms. The molecule has 12 heavy (non-hydrogen) atoms. The summed E-state index contributed by atoms with van der Waals surface area (Å²) in [6.45, 7) is 0. The van der Waals surface area contributed by atoms with Gasteiger partial charge in [0.05, 0.1) is 13.3 Å². The molecule has 0 saturated heterocycles. The summed E-state index contributed by atoms with van der Waals surface area (Å²) in [6.07, 6.45) is 3.85. The summed E-state index contributed by atoms with van der Waals surface area (Å²) in [5.74, 6) is 1.21. The number of hydrogen-bond donors (Lipinski definition) is 0. The highest BCUT2D eigenvalue weighted by molar-refractivity contribution is 6.32. The third kappa shape index (κ3) is 1.25. The van der Waals surface area contributed by atoms with E-state index in [1.165, 1.54) is 19.0 Å². The van der Waals surface area contributed by atoms with Crippen molar-refractivity contribution >= 4 is 11.6 Å². The Kier molecular flexibility index (Phi) is 1.89. The second-order valence-corrected chi connectivity index (χ2v) is 3.29. The van der Waals surface area contributed by atoms with Crippen LogP contribution >= 0.6 is 11.6 Å². The lowest BCUT2D eigenvalue weighted by molar-refractivity contribution is 0.405. The van der Waals surface area contributed by atoms with Crippen molar-refractivity contribution < 1.29 is 4.74 Å². The van der Waals surface area contributed by atoms with Gasteiger partial charge in [0.1, 0.15) is 10.7 Å². The third-order valence-corrected chi connectivity index (χ3v) is 2.22. The van der Waals surface area contributed by atoms with Gasteiger partial charge in [-0.15, -0.1) is 0 Å². The second-order valence-electron chi connectivity index (χ2n) is 2.89. The van der Waals surface area contributed by atoms with E-state index in [4.69, 9.17) is 16.3 Å². The Hall–Kier alpha value is -0.830. The summed E-state index contributed by atoms with van der Waals surface area (Å²) in [5.41, 5.74) is 0.907. The highest BCUT2D eigenvalue weighted by Crippen LogP contribution is 2.44. The lowest BCUT2D eigenvalue weighted by Gasteiger charge is -2.05. The fraction of sp³-hybridized carbons (Fsp3) is 0.500. The zero-order valence-corrected chi connectivity index (χ0v) is 7.51. The van der Waals surface area contributed by atoms with Gasteiger partial charge in [-0.25, -0.2) is 0 Å². The van der Waals surface area contributed by atoms with E-state index in [0.717, 1.165) is 5.69 Å². The van der Waals surface area contributed by atoms with Gasteiger partial charge < -0.3 is 4.74 Å². The first-order valence-electron chi connectivity index (χ1n) is 3.88. The van der Waals surface area contributed by atoms with E-state index in [-0.39, 0.29) is 0 Å². The number of halogens is 1. The molecule has 2 rings (SSSR count). The Morgan fingerprint density at radius 3 is 2.92 bits per heavy atom. The normalized spacial score (nSPS) is 16.2. The first-order chi connectivity index (χ1) is 5.83. The molecule has 0 atom stereocenters. The quantitative estimate of drug-likeness (QED) is 0.706. The third-order valence-electron chi connectivity index (χ3n) is 1.95. The van der Waals surface area contributed by atoms with Crippen LogP contribution in [0.15, 0.2) is 6.20 Å². The number of aromatic nitrogens is 2. The maximum Gasteiger partial charge on any atom is 0.162 e. The molecule has 1 saturated carbocycles. The molecule has 4 heteroatoms. The summed E-state index contributed by atoms with van der Waals surface area (Å²) < 4.78 is 5.14. The minimum atomic E-state index is 0.520. The average Bonchev–Trinajstić information content (AvgIpc) is 2.86. The van der Waals surface area contributed by atoms with Gasteiger partial charge >= 0.3 is 0 Å². The SMILES string of the molecule is COc1c(Cl)cnnc1C1CC1. The minimum absolute atomic E-state index is 0.520. The molecule has 1 aromatic heterocycles. The van der Waals surface area contributed by atoms with E-state index < -0.39 is 0 Å². The van der Waals surface area contributed by atoms with Crippen LogP contribution in [0.5, 0.6) is 5.75 Å². The van der Waals surface area contributed by atoms with Crippen LogP contribution in [0.1, 0.15) is 24.5 Å². The molecule has 1 fully saturated rings. The molecule has 0 aromatic carbocycles. The predicted molar refractivity (Wildman–Crippen MR) is 45.6 cm³/mol. The Labute approximate surface area is 75.7 Å². The summed E-state index contributed by atoms with van der Waals surface area (Å²) in [4.78, 5) is 0. The van der Waals surface area contributed by atoms with Crippen LogP contribution in [0.2, 0.25) is 5.02 Å². The first kappa shape index (κ1) is 7.80. The Balaban J connectivity index is 2.43. The molecule has 0 radical (unpaired) electrons. The topological polar surface area (TPSA) is 35.0 Å². The van der Waals surface area contributed by atoms with Crippen LogP contribution in [0.25, 0.3) is 0 Å². The maximum atomic E-state index is 5.87. The van der Waals surface area contributed by atoms with Gasteiger partial charge in [-0.1, -0.05) is 11.6 Å². The highest BCUT2D eigenvalue weighted by Gasteiger charge is 2.29. The number of nitrogens with zero attached hydrogens (tertiary/aromatic N) is 2. The molecule has 0 spiro atoms. The second kappa shape index (κ2) is 2.90. The van der Waals surface area contributed by atoms with Gasteiger partial charge in [-0.3, -0.25) is 0 Å². The Morgan fingerprint density at radius 2 is 2.33 bits per heavy atom. The highest BCUT2D eigenvalue weighted by atomic mass is 35.5. The maximum absolute atomic E-state index is 5.87. The smallest absolute Gasteiger partial charge is 0.162 e. The van der Waals surface area contributed by atoms with Crippen molar-refractivity contribution in [3.05, 3.63) is 16.9 Å². The van der Waals surface area contributed by atoms with E-state index in [0.29, 0.717) is 16.7 Å². The molecule has 0 amide bonds. The molecule has 0 N–H and O–H groups in total. The van der Waals surface area contributed by atoms with Gasteiger partial charge in [0.25, 0.3) is 0 Å². The minimum Gasteiger partial charge on any atom is -0.493 e. The van der Waals surface area contributed by atoms with Gasteiger partial charge in [-0.2, -0.15) is 10.2 Å². The number of hydrogen-bond acceptors (Lipinski definition) is 3. The van der Waals surface area contributed by atoms with Crippen LogP contribution in [0.3, 0.4) is 0 Å². The van der Waals surface area contributed by atoms with Crippen molar-refractivity contribution in [2.45, 2.75) is 18.8 Å². The summed E-state index contributed by atoms with van der Waals surface area (Å²) in [6, 6.07) is 0. The first-order valence-corrected chi connectivity index (χ1v) is 4.25. The lowest BCUT2D eigenvalue weighted by atomic mass is 10.2. The van der Waals surface area contributed by atoms with Crippen LogP contribution < -0.4 is 4.74 Å². The molecular weight excluding hydrogens is 176 g/mol. The van der Waals surface area contributed by atoms with Crippen LogP contribution in [-0.4, -0.2) is 17.3 Å². The summed E-state index contributed by atoms with van der Waals surface area (Å²) in [5, 5.41) is 8.36. The van der Waals surface area contributed by atoms with Crippen molar-refractivity contribution in [2.24, 2.45) is 0 Å². The molecule has 1 aromatic rings. The molecule has 0 unspecified atom stereocenters. The van der Waals surface area contributed by atoms with Crippen molar-refractivity contribution in [2.75, 3.05) is 7.11 Å². The van der Waals surface area contributed by atoms with Crippen molar-refractivity contribution in [3.8, 4) is 5.75 Å². The fourth-order valence-electron chi connectivity index (χ4n) is 1.19. The van der Waals surface area contributed by atoms with Crippen molar-refractivity contribution in [1.82, 2.24) is 10.2 Å². The standard InChI is InChI=1S/C8H9ClN2O/c1-12-8-6(9)4-10-11-7(8)5-2-3-5/h4-5H,2-3H2,1H3. The summed E-state index contributed by atoms with van der Waals surface area (Å²) in [7, 11) is 1.61. The predicted octanol–water partition coefficient (Wildman–Crippen LogP) is 2.02. The van der Waals surface area contributed by atoms with Gasteiger partial charge in [-0.05, 0) is 12.8 Å². The Bertz CT molecular complexity index is 299. The molecule has 0 aliphatic heterocycles. The van der Waals surface area contributed by atoms with Crippen LogP contribution in [0.4, 0.5) is 0 Å². The molecule has 1 aliphatic rings. The number of methoxy groups -OCH3 is 1. The zero-order valence-electron chi connectivity index (χ0n) is 6.75. The van der Waals surface area contributed by atoms with Gasteiger partial charge in [0.15, 0.2) is 5.75 Å². The van der Waals surface area contributed by atoms with E-state index in [9.17, 15) is 0 Å². The van der Waals surface area contributed by atoms with Gasteiger partial charge in [0.2, 0.25) is 0 Å². The van der Waals surface area contributed by atoms with Gasteiger partial charge in [0, 0.05) is 5.92 Å². The van der Waals surface area contributed by atoms with Crippen LogP contribution in [0, 0.1) is 0 Å². The monoisotopic (exact) mass is 184 g/mol. The van der Waals surface area contributed by atoms with Crippen molar-refractivity contribution in [3.63, 3.8) is 0 Å². The van der Waals surface area contributed by atoms with Crippen molar-refractivity contribution in [1.29, 1.82) is 0 Å². The average molecular weight is 185 g/mol. The largest absolute Gasteiger partial charge is 0.493 e. The number of rotatable bonds is 2. The summed E-state index contributed by atoms with van der Waals surface area (Å²) >= 11 is 5.87. The van der Waals surface area contributed by atoms with E-state index in [2.05, 4.69) is 10.2 Å². The molecule has 1 heterocycles. The zero-order chi connectivity index (χ0) is 8.55. The molecule has 3 nitrogen and oxygen atoms in total. The van der Waals surface area contributed by atoms with E-state index >= 15 is 0 Å². The molecule has 1 aliphatic carbocycles. The number of ether oxygens (including phenoxy) is 1. The van der Waals surface area contributed by atoms with E-state index in [1.807, 2.05) is 0 Å². The molecular formula is C8H9ClN2O. The van der Waals surface area contributed by atoms with Crippen LogP contribution in [-0.2, 0) is 0 Å².